The summed E-state index contributed by atoms with van der Waals surface area (Å²) in [5, 5.41) is 5.66. The lowest BCUT2D eigenvalue weighted by Crippen LogP contribution is -2.25. The minimum atomic E-state index is -4.09. The Balaban J connectivity index is 2.29. The van der Waals surface area contributed by atoms with Gasteiger partial charge in [0.15, 0.2) is 5.82 Å². The maximum Gasteiger partial charge on any atom is 0.244 e. The molecule has 19 heavy (non-hydrogen) atoms. The molecule has 2 aromatic rings. The number of sulfonamides is 1. The fraction of sp³-hybridized carbons (Fsp3) is 0.111. The summed E-state index contributed by atoms with van der Waals surface area (Å²) in [6.07, 6.45) is 1.22. The highest BCUT2D eigenvalue weighted by atomic mass is 35.5. The number of rotatable bonds is 4. The van der Waals surface area contributed by atoms with Crippen LogP contribution in [0.15, 0.2) is 23.4 Å². The summed E-state index contributed by atoms with van der Waals surface area (Å²) in [5.41, 5.74) is 5.49. The Morgan fingerprint density at radius 1 is 1.47 bits per heavy atom. The number of aromatic nitrogens is 3. The third-order valence-corrected chi connectivity index (χ3v) is 3.88. The fourth-order valence-electron chi connectivity index (χ4n) is 1.34. The second-order valence-electron chi connectivity index (χ2n) is 3.57. The highest BCUT2D eigenvalue weighted by Crippen LogP contribution is 2.25. The van der Waals surface area contributed by atoms with Crippen molar-refractivity contribution in [3.8, 4) is 0 Å². The molecule has 1 aromatic carbocycles. The van der Waals surface area contributed by atoms with Gasteiger partial charge < -0.3 is 5.73 Å². The monoisotopic (exact) mass is 305 g/mol. The number of anilines is 1. The SMILES string of the molecule is Nc1cc(Cl)c(F)c(S(=O)(=O)NCc2ncn[nH]2)c1. The van der Waals surface area contributed by atoms with Gasteiger partial charge in [-0.15, -0.1) is 0 Å². The van der Waals surface area contributed by atoms with Crippen LogP contribution in [0.1, 0.15) is 5.82 Å². The Bertz CT molecular complexity index is 689. The topological polar surface area (TPSA) is 114 Å². The summed E-state index contributed by atoms with van der Waals surface area (Å²) in [4.78, 5) is 3.12. The minimum Gasteiger partial charge on any atom is -0.399 e. The molecule has 1 aromatic heterocycles. The lowest BCUT2D eigenvalue weighted by Gasteiger charge is -2.08. The molecule has 0 aliphatic rings. The molecule has 0 unspecified atom stereocenters. The number of hydrogen-bond donors (Lipinski definition) is 3. The normalized spacial score (nSPS) is 11.7. The summed E-state index contributed by atoms with van der Waals surface area (Å²) in [6, 6.07) is 2.12. The lowest BCUT2D eigenvalue weighted by atomic mass is 10.3. The Morgan fingerprint density at radius 2 is 2.21 bits per heavy atom. The smallest absolute Gasteiger partial charge is 0.244 e. The molecule has 0 saturated heterocycles. The summed E-state index contributed by atoms with van der Waals surface area (Å²) in [6.45, 7) is -0.159. The first-order chi connectivity index (χ1) is 8.90. The van der Waals surface area contributed by atoms with Crippen LogP contribution in [0.5, 0.6) is 0 Å². The van der Waals surface area contributed by atoms with Crippen LogP contribution in [0.4, 0.5) is 10.1 Å². The minimum absolute atomic E-state index is 0.0476. The van der Waals surface area contributed by atoms with Crippen LogP contribution >= 0.6 is 11.6 Å². The first-order valence-electron chi connectivity index (χ1n) is 4.98. The molecule has 2 rings (SSSR count). The van der Waals surface area contributed by atoms with Crippen molar-refractivity contribution >= 4 is 27.3 Å². The number of aromatic amines is 1. The molecule has 0 saturated carbocycles. The Hall–Kier alpha value is -1.71. The van der Waals surface area contributed by atoms with Crippen molar-refractivity contribution in [3.05, 3.63) is 35.1 Å². The van der Waals surface area contributed by atoms with Crippen molar-refractivity contribution < 1.29 is 12.8 Å². The van der Waals surface area contributed by atoms with E-state index in [4.69, 9.17) is 17.3 Å². The molecule has 0 amide bonds. The molecule has 0 aliphatic heterocycles. The van der Waals surface area contributed by atoms with Gasteiger partial charge in [0.05, 0.1) is 11.6 Å². The zero-order valence-electron chi connectivity index (χ0n) is 9.39. The molecule has 0 aliphatic carbocycles. The Morgan fingerprint density at radius 3 is 2.84 bits per heavy atom. The fourth-order valence-corrected chi connectivity index (χ4v) is 2.74. The molecule has 1 heterocycles. The van der Waals surface area contributed by atoms with Crippen molar-refractivity contribution in [3.63, 3.8) is 0 Å². The standard InChI is InChI=1S/C9H9ClFN5O2S/c10-6-1-5(12)2-7(9(6)11)19(17,18)15-3-8-13-4-14-16-8/h1-2,4,15H,3,12H2,(H,13,14,16). The maximum atomic E-state index is 13.7. The molecule has 4 N–H and O–H groups in total. The number of hydrogen-bond acceptors (Lipinski definition) is 5. The quantitative estimate of drug-likeness (QED) is 0.718. The van der Waals surface area contributed by atoms with Gasteiger partial charge in [0, 0.05) is 5.69 Å². The summed E-state index contributed by atoms with van der Waals surface area (Å²) >= 11 is 5.55. The number of nitrogen functional groups attached to an aromatic ring is 1. The number of benzene rings is 1. The number of nitrogens with one attached hydrogen (secondary N) is 2. The molecular formula is C9H9ClFN5O2S. The molecule has 0 bridgehead atoms. The third-order valence-electron chi connectivity index (χ3n) is 2.20. The number of nitrogens with two attached hydrogens (primary N) is 1. The van der Waals surface area contributed by atoms with Crippen molar-refractivity contribution in [1.29, 1.82) is 0 Å². The van der Waals surface area contributed by atoms with Crippen molar-refractivity contribution in [1.82, 2.24) is 19.9 Å². The van der Waals surface area contributed by atoms with E-state index in [1.54, 1.807) is 0 Å². The van der Waals surface area contributed by atoms with Gasteiger partial charge >= 0.3 is 0 Å². The number of halogens is 2. The molecule has 102 valence electrons. The average Bonchev–Trinajstić information content (AvgIpc) is 2.84. The van der Waals surface area contributed by atoms with Crippen LogP contribution in [-0.2, 0) is 16.6 Å². The first kappa shape index (κ1) is 13.7. The molecular weight excluding hydrogens is 297 g/mol. The number of H-pyrrole nitrogens is 1. The van der Waals surface area contributed by atoms with Gasteiger partial charge in [0.2, 0.25) is 10.0 Å². The van der Waals surface area contributed by atoms with E-state index >= 15 is 0 Å². The van der Waals surface area contributed by atoms with E-state index in [9.17, 15) is 12.8 Å². The Kier molecular flexibility index (Phi) is 3.69. The van der Waals surface area contributed by atoms with Crippen LogP contribution in [0.25, 0.3) is 0 Å². The predicted octanol–water partition coefficient (Wildman–Crippen LogP) is 0.658. The van der Waals surface area contributed by atoms with E-state index in [1.807, 2.05) is 0 Å². The molecule has 0 fully saturated rings. The highest BCUT2D eigenvalue weighted by molar-refractivity contribution is 7.89. The zero-order chi connectivity index (χ0) is 14.0. The van der Waals surface area contributed by atoms with Gasteiger partial charge in [-0.3, -0.25) is 5.10 Å². The van der Waals surface area contributed by atoms with Gasteiger partial charge in [-0.1, -0.05) is 11.6 Å². The van der Waals surface area contributed by atoms with E-state index in [0.717, 1.165) is 12.1 Å². The summed E-state index contributed by atoms with van der Waals surface area (Å²) in [7, 11) is -4.09. The maximum absolute atomic E-state index is 13.7. The van der Waals surface area contributed by atoms with E-state index in [1.165, 1.54) is 6.33 Å². The average molecular weight is 306 g/mol. The Labute approximate surface area is 113 Å². The van der Waals surface area contributed by atoms with Crippen LogP contribution in [-0.4, -0.2) is 23.6 Å². The van der Waals surface area contributed by atoms with E-state index in [-0.39, 0.29) is 17.3 Å². The second kappa shape index (κ2) is 5.11. The van der Waals surface area contributed by atoms with E-state index in [2.05, 4.69) is 19.9 Å². The second-order valence-corrected chi connectivity index (χ2v) is 5.71. The third kappa shape index (κ3) is 3.00. The van der Waals surface area contributed by atoms with Gasteiger partial charge in [-0.05, 0) is 12.1 Å². The molecule has 0 radical (unpaired) electrons. The van der Waals surface area contributed by atoms with Gasteiger partial charge in [-0.2, -0.15) is 5.10 Å². The number of nitrogens with zero attached hydrogens (tertiary/aromatic N) is 2. The van der Waals surface area contributed by atoms with Crippen molar-refractivity contribution in [2.24, 2.45) is 0 Å². The van der Waals surface area contributed by atoms with E-state index < -0.39 is 20.7 Å². The van der Waals surface area contributed by atoms with Gasteiger partial charge in [0.1, 0.15) is 17.0 Å². The highest BCUT2D eigenvalue weighted by Gasteiger charge is 2.22. The van der Waals surface area contributed by atoms with Crippen LogP contribution < -0.4 is 10.5 Å². The predicted molar refractivity (Wildman–Crippen MR) is 66.2 cm³/mol. The van der Waals surface area contributed by atoms with Crippen LogP contribution in [0, 0.1) is 5.82 Å². The first-order valence-corrected chi connectivity index (χ1v) is 6.84. The molecule has 7 nitrogen and oxygen atoms in total. The lowest BCUT2D eigenvalue weighted by molar-refractivity contribution is 0.556. The van der Waals surface area contributed by atoms with E-state index in [0.29, 0.717) is 5.82 Å². The molecule has 0 atom stereocenters. The van der Waals surface area contributed by atoms with Gasteiger partial charge in [-0.25, -0.2) is 22.5 Å². The van der Waals surface area contributed by atoms with Crippen molar-refractivity contribution in [2.45, 2.75) is 11.4 Å². The zero-order valence-corrected chi connectivity index (χ0v) is 11.0. The summed E-state index contributed by atoms with van der Waals surface area (Å²) in [5.74, 6) is -0.764. The van der Waals surface area contributed by atoms with Crippen LogP contribution in [0.3, 0.4) is 0 Å². The molecule has 10 heteroatoms. The van der Waals surface area contributed by atoms with Crippen molar-refractivity contribution in [2.75, 3.05) is 5.73 Å². The summed E-state index contributed by atoms with van der Waals surface area (Å²) < 4.78 is 39.7. The largest absolute Gasteiger partial charge is 0.399 e. The molecule has 0 spiro atoms. The van der Waals surface area contributed by atoms with Crippen LogP contribution in [0.2, 0.25) is 5.02 Å². The van der Waals surface area contributed by atoms with Gasteiger partial charge in [0.25, 0.3) is 0 Å².